The molecule has 2 aliphatic rings. The van der Waals surface area contributed by atoms with Gasteiger partial charge in [0.05, 0.1) is 17.1 Å². The zero-order valence-corrected chi connectivity index (χ0v) is 12.9. The number of carbonyl (C=O) groups is 2. The van der Waals surface area contributed by atoms with Crippen molar-refractivity contribution in [3.8, 4) is 0 Å². The van der Waals surface area contributed by atoms with Gasteiger partial charge in [0.1, 0.15) is 6.04 Å². The van der Waals surface area contributed by atoms with Gasteiger partial charge in [-0.05, 0) is 31.0 Å². The van der Waals surface area contributed by atoms with Crippen molar-refractivity contribution in [1.82, 2.24) is 4.90 Å². The highest BCUT2D eigenvalue weighted by molar-refractivity contribution is 6.33. The van der Waals surface area contributed by atoms with Gasteiger partial charge in [-0.3, -0.25) is 14.5 Å². The molecule has 1 unspecified atom stereocenters. The predicted octanol–water partition coefficient (Wildman–Crippen LogP) is 2.11. The van der Waals surface area contributed by atoms with Crippen LogP contribution < -0.4 is 10.2 Å². The molecule has 1 aliphatic carbocycles. The Labute approximate surface area is 128 Å². The van der Waals surface area contributed by atoms with Crippen molar-refractivity contribution in [1.29, 1.82) is 0 Å². The third kappa shape index (κ3) is 2.70. The lowest BCUT2D eigenvalue weighted by Crippen LogP contribution is -2.36. The fraction of sp³-hybridized carbons (Fsp3) is 0.467. The zero-order chi connectivity index (χ0) is 15.1. The summed E-state index contributed by atoms with van der Waals surface area (Å²) < 4.78 is 0. The maximum absolute atomic E-state index is 12.3. The monoisotopic (exact) mass is 307 g/mol. The first kappa shape index (κ1) is 14.2. The molecule has 1 saturated heterocycles. The van der Waals surface area contributed by atoms with Crippen molar-refractivity contribution in [3.05, 3.63) is 23.2 Å². The van der Waals surface area contributed by atoms with Crippen LogP contribution in [-0.4, -0.2) is 42.9 Å². The van der Waals surface area contributed by atoms with E-state index in [0.717, 1.165) is 24.2 Å². The Bertz CT molecular complexity index is 599. The number of imide groups is 1. The molecule has 1 aromatic rings. The van der Waals surface area contributed by atoms with E-state index in [1.807, 2.05) is 31.1 Å². The Morgan fingerprint density at radius 3 is 2.57 bits per heavy atom. The topological polar surface area (TPSA) is 52.7 Å². The molecule has 1 heterocycles. The summed E-state index contributed by atoms with van der Waals surface area (Å²) in [5, 5.41) is 3.74. The molecule has 2 amide bonds. The fourth-order valence-corrected chi connectivity index (χ4v) is 2.99. The van der Waals surface area contributed by atoms with Gasteiger partial charge < -0.3 is 10.2 Å². The maximum Gasteiger partial charge on any atom is 0.252 e. The molecular weight excluding hydrogens is 290 g/mol. The summed E-state index contributed by atoms with van der Waals surface area (Å²) >= 11 is 6.22. The molecule has 1 saturated carbocycles. The van der Waals surface area contributed by atoms with Gasteiger partial charge in [0, 0.05) is 25.8 Å². The number of nitrogens with one attached hydrogen (secondary N) is 1. The van der Waals surface area contributed by atoms with Crippen molar-refractivity contribution in [3.63, 3.8) is 0 Å². The third-order valence-electron chi connectivity index (χ3n) is 3.87. The van der Waals surface area contributed by atoms with E-state index in [2.05, 4.69) is 5.32 Å². The molecule has 1 atom stereocenters. The van der Waals surface area contributed by atoms with E-state index in [9.17, 15) is 9.59 Å². The quantitative estimate of drug-likeness (QED) is 0.866. The fourth-order valence-electron chi connectivity index (χ4n) is 2.64. The van der Waals surface area contributed by atoms with Crippen molar-refractivity contribution < 1.29 is 9.59 Å². The second-order valence-corrected chi connectivity index (χ2v) is 6.20. The Morgan fingerprint density at radius 2 is 2.00 bits per heavy atom. The Kier molecular flexibility index (Phi) is 3.53. The molecule has 1 aliphatic heterocycles. The summed E-state index contributed by atoms with van der Waals surface area (Å²) in [6.45, 7) is 0. The summed E-state index contributed by atoms with van der Waals surface area (Å²) in [6, 6.07) is 5.22. The highest BCUT2D eigenvalue weighted by atomic mass is 35.5. The maximum atomic E-state index is 12.3. The van der Waals surface area contributed by atoms with Crippen molar-refractivity contribution >= 4 is 34.8 Å². The van der Waals surface area contributed by atoms with E-state index in [4.69, 9.17) is 11.6 Å². The van der Waals surface area contributed by atoms with Crippen LogP contribution in [0.15, 0.2) is 18.2 Å². The molecule has 21 heavy (non-hydrogen) atoms. The first-order valence-electron chi connectivity index (χ1n) is 7.06. The van der Waals surface area contributed by atoms with Crippen LogP contribution in [-0.2, 0) is 9.59 Å². The van der Waals surface area contributed by atoms with Gasteiger partial charge in [0.15, 0.2) is 0 Å². The number of likely N-dealkylation sites (tertiary alicyclic amines) is 1. The van der Waals surface area contributed by atoms with Crippen LogP contribution in [0.5, 0.6) is 0 Å². The molecule has 0 aromatic heterocycles. The minimum absolute atomic E-state index is 0.0731. The highest BCUT2D eigenvalue weighted by Crippen LogP contribution is 2.33. The van der Waals surface area contributed by atoms with Gasteiger partial charge >= 0.3 is 0 Å². The summed E-state index contributed by atoms with van der Waals surface area (Å²) in [6.07, 6.45) is 2.10. The van der Waals surface area contributed by atoms with Crippen LogP contribution in [0, 0.1) is 0 Å². The van der Waals surface area contributed by atoms with Crippen molar-refractivity contribution in [2.45, 2.75) is 31.3 Å². The Morgan fingerprint density at radius 1 is 1.29 bits per heavy atom. The lowest BCUT2D eigenvalue weighted by Gasteiger charge is -2.18. The van der Waals surface area contributed by atoms with Crippen LogP contribution in [0.3, 0.4) is 0 Å². The number of hydrogen-bond donors (Lipinski definition) is 1. The van der Waals surface area contributed by atoms with E-state index in [0.29, 0.717) is 5.02 Å². The molecular formula is C15H18ClN3O2. The van der Waals surface area contributed by atoms with Crippen molar-refractivity contribution in [2.24, 2.45) is 0 Å². The van der Waals surface area contributed by atoms with E-state index < -0.39 is 6.04 Å². The molecule has 6 heteroatoms. The molecule has 1 aromatic carbocycles. The van der Waals surface area contributed by atoms with Gasteiger partial charge in [-0.1, -0.05) is 11.6 Å². The number of amides is 2. The van der Waals surface area contributed by atoms with E-state index in [-0.39, 0.29) is 24.3 Å². The van der Waals surface area contributed by atoms with Crippen LogP contribution in [0.25, 0.3) is 0 Å². The number of halogens is 1. The minimum Gasteiger partial charge on any atom is -0.376 e. The third-order valence-corrected chi connectivity index (χ3v) is 4.17. The average molecular weight is 308 g/mol. The lowest BCUT2D eigenvalue weighted by molar-refractivity contribution is -0.139. The Hall–Kier alpha value is -1.75. The molecule has 112 valence electrons. The van der Waals surface area contributed by atoms with E-state index >= 15 is 0 Å². The summed E-state index contributed by atoms with van der Waals surface area (Å²) in [5.41, 5.74) is 1.67. The number of hydrogen-bond acceptors (Lipinski definition) is 4. The number of rotatable bonds is 4. The molecule has 0 spiro atoms. The lowest BCUT2D eigenvalue weighted by atomic mass is 10.2. The largest absolute Gasteiger partial charge is 0.376 e. The van der Waals surface area contributed by atoms with Crippen LogP contribution in [0.2, 0.25) is 5.02 Å². The SMILES string of the molecule is CN(C)c1ccc(NC2CC(=O)N(C3CC3)C2=O)cc1Cl. The molecule has 0 bridgehead atoms. The molecule has 2 fully saturated rings. The smallest absolute Gasteiger partial charge is 0.252 e. The predicted molar refractivity (Wildman–Crippen MR) is 82.7 cm³/mol. The van der Waals surface area contributed by atoms with Gasteiger partial charge in [0.25, 0.3) is 5.91 Å². The second kappa shape index (κ2) is 5.22. The zero-order valence-electron chi connectivity index (χ0n) is 12.1. The molecule has 5 nitrogen and oxygen atoms in total. The van der Waals surface area contributed by atoms with Gasteiger partial charge in [-0.2, -0.15) is 0 Å². The van der Waals surface area contributed by atoms with E-state index in [1.165, 1.54) is 4.90 Å². The van der Waals surface area contributed by atoms with E-state index in [1.54, 1.807) is 6.07 Å². The first-order chi connectivity index (χ1) is 9.97. The standard InChI is InChI=1S/C15H18ClN3O2/c1-18(2)13-6-3-9(7-11(13)16)17-12-8-14(20)19(15(12)21)10-4-5-10/h3,6-7,10,12,17H,4-5,8H2,1-2H3. The van der Waals surface area contributed by atoms with Gasteiger partial charge in [-0.15, -0.1) is 0 Å². The number of anilines is 2. The Balaban J connectivity index is 1.73. The average Bonchev–Trinajstić information content (AvgIpc) is 3.18. The molecule has 0 radical (unpaired) electrons. The van der Waals surface area contributed by atoms with Crippen LogP contribution in [0.4, 0.5) is 11.4 Å². The molecule has 3 rings (SSSR count). The second-order valence-electron chi connectivity index (χ2n) is 5.79. The van der Waals surface area contributed by atoms with Crippen LogP contribution >= 0.6 is 11.6 Å². The normalized spacial score (nSPS) is 21.9. The summed E-state index contributed by atoms with van der Waals surface area (Å²) in [7, 11) is 3.84. The first-order valence-corrected chi connectivity index (χ1v) is 7.44. The van der Waals surface area contributed by atoms with Gasteiger partial charge in [0.2, 0.25) is 5.91 Å². The number of carbonyl (C=O) groups excluding carboxylic acids is 2. The minimum atomic E-state index is -0.473. The van der Waals surface area contributed by atoms with Gasteiger partial charge in [-0.25, -0.2) is 0 Å². The highest BCUT2D eigenvalue weighted by Gasteiger charge is 2.46. The van der Waals surface area contributed by atoms with Crippen molar-refractivity contribution in [2.75, 3.05) is 24.3 Å². The summed E-state index contributed by atoms with van der Waals surface area (Å²) in [5.74, 6) is -0.189. The number of nitrogens with zero attached hydrogens (tertiary/aromatic N) is 2. The molecule has 1 N–H and O–H groups in total. The van der Waals surface area contributed by atoms with Crippen LogP contribution in [0.1, 0.15) is 19.3 Å². The summed E-state index contributed by atoms with van der Waals surface area (Å²) in [4.78, 5) is 27.5. The number of benzene rings is 1.